The number of rotatable bonds is 6. The molecule has 5 atom stereocenters. The predicted molar refractivity (Wildman–Crippen MR) is 133 cm³/mol. The van der Waals surface area contributed by atoms with E-state index in [1.807, 2.05) is 0 Å². The SMILES string of the molecule is COC1C(c2cc(Cl)nn2-c2cc(Cl)ccc2C(F)(F)F)OC2COC2C1N/C=C(\N)c1nc(Cl)cs1. The molecule has 2 saturated heterocycles. The zero-order valence-corrected chi connectivity index (χ0v) is 22.0. The molecule has 0 amide bonds. The Morgan fingerprint density at radius 1 is 1.27 bits per heavy atom. The van der Waals surface area contributed by atoms with E-state index in [1.165, 1.54) is 30.6 Å². The van der Waals surface area contributed by atoms with Crippen LogP contribution in [0.3, 0.4) is 0 Å². The molecule has 5 rings (SSSR count). The van der Waals surface area contributed by atoms with Gasteiger partial charge in [0.05, 0.1) is 35.3 Å². The molecule has 0 spiro atoms. The van der Waals surface area contributed by atoms with E-state index in [4.69, 9.17) is 54.7 Å². The number of aromatic nitrogens is 3. The maximum absolute atomic E-state index is 13.9. The van der Waals surface area contributed by atoms with Gasteiger partial charge in [0, 0.05) is 29.8 Å². The monoisotopic (exact) mass is 595 g/mol. The standard InChI is InChI=1S/C22H19Cl3F3N5O3S/c1-34-20-17(30-6-11(29)21-31-16(25)8-37-21)19-14(7-35-19)36-18(20)13-5-15(24)32-33(13)12-4-9(23)2-3-10(12)22(26,27)28/h2-6,8,14,17-20,30H,7,29H2,1H3/b11-6-. The summed E-state index contributed by atoms with van der Waals surface area (Å²) in [5, 5.41) is 9.92. The number of alkyl halides is 3. The summed E-state index contributed by atoms with van der Waals surface area (Å²) in [6, 6.07) is 4.19. The third kappa shape index (κ3) is 5.16. The maximum atomic E-state index is 13.9. The van der Waals surface area contributed by atoms with Crippen LogP contribution < -0.4 is 11.1 Å². The Kier molecular flexibility index (Phi) is 7.35. The number of fused-ring (bicyclic) bond motifs is 1. The van der Waals surface area contributed by atoms with Crippen molar-refractivity contribution in [2.24, 2.45) is 5.73 Å². The highest BCUT2D eigenvalue weighted by Gasteiger charge is 2.53. The molecule has 4 heterocycles. The minimum Gasteiger partial charge on any atom is -0.395 e. The predicted octanol–water partition coefficient (Wildman–Crippen LogP) is 5.08. The van der Waals surface area contributed by atoms with Crippen molar-refractivity contribution in [3.63, 3.8) is 0 Å². The minimum absolute atomic E-state index is 0.0252. The summed E-state index contributed by atoms with van der Waals surface area (Å²) in [5.74, 6) is 0. The van der Waals surface area contributed by atoms with E-state index in [9.17, 15) is 13.2 Å². The van der Waals surface area contributed by atoms with Gasteiger partial charge in [-0.15, -0.1) is 11.3 Å². The molecule has 3 N–H and O–H groups in total. The Morgan fingerprint density at radius 2 is 2.05 bits per heavy atom. The van der Waals surface area contributed by atoms with Gasteiger partial charge in [0.25, 0.3) is 0 Å². The van der Waals surface area contributed by atoms with Crippen LogP contribution in [0.1, 0.15) is 22.4 Å². The van der Waals surface area contributed by atoms with Crippen LogP contribution in [0, 0.1) is 0 Å². The normalized spacial score (nSPS) is 26.0. The zero-order chi connectivity index (χ0) is 26.5. The summed E-state index contributed by atoms with van der Waals surface area (Å²) >= 11 is 19.4. The van der Waals surface area contributed by atoms with Gasteiger partial charge >= 0.3 is 6.18 Å². The molecule has 198 valence electrons. The number of methoxy groups -OCH3 is 1. The van der Waals surface area contributed by atoms with Crippen LogP contribution in [0.15, 0.2) is 35.8 Å². The minimum atomic E-state index is -4.66. The van der Waals surface area contributed by atoms with Crippen LogP contribution in [-0.2, 0) is 20.4 Å². The second-order valence-electron chi connectivity index (χ2n) is 8.32. The van der Waals surface area contributed by atoms with Crippen LogP contribution in [0.25, 0.3) is 11.4 Å². The Labute approximate surface area is 228 Å². The highest BCUT2D eigenvalue weighted by molar-refractivity contribution is 7.11. The lowest BCUT2D eigenvalue weighted by Crippen LogP contribution is -2.67. The number of hydrogen-bond donors (Lipinski definition) is 2. The Bertz CT molecular complexity index is 1330. The molecule has 15 heteroatoms. The fourth-order valence-electron chi connectivity index (χ4n) is 4.39. The number of nitrogens with two attached hydrogens (primary N) is 1. The number of ether oxygens (including phenoxy) is 3. The lowest BCUT2D eigenvalue weighted by atomic mass is 9.88. The second-order valence-corrected chi connectivity index (χ2v) is 10.4. The van der Waals surface area contributed by atoms with Gasteiger partial charge in [-0.25, -0.2) is 9.67 Å². The van der Waals surface area contributed by atoms with Crippen molar-refractivity contribution in [2.75, 3.05) is 13.7 Å². The van der Waals surface area contributed by atoms with Crippen molar-refractivity contribution < 1.29 is 27.4 Å². The van der Waals surface area contributed by atoms with Crippen molar-refractivity contribution in [3.8, 4) is 5.69 Å². The van der Waals surface area contributed by atoms with E-state index in [0.29, 0.717) is 22.5 Å². The first-order valence-electron chi connectivity index (χ1n) is 10.8. The second kappa shape index (κ2) is 10.3. The van der Waals surface area contributed by atoms with Gasteiger partial charge < -0.3 is 25.3 Å². The van der Waals surface area contributed by atoms with E-state index in [1.54, 1.807) is 11.6 Å². The number of nitrogens with zero attached hydrogens (tertiary/aromatic N) is 3. The number of halogens is 6. The zero-order valence-electron chi connectivity index (χ0n) is 18.9. The summed E-state index contributed by atoms with van der Waals surface area (Å²) in [6.07, 6.45) is -5.45. The summed E-state index contributed by atoms with van der Waals surface area (Å²) in [5.41, 5.74) is 5.53. The van der Waals surface area contributed by atoms with Crippen LogP contribution in [0.5, 0.6) is 0 Å². The van der Waals surface area contributed by atoms with Crippen LogP contribution in [0.2, 0.25) is 15.3 Å². The first-order chi connectivity index (χ1) is 17.6. The van der Waals surface area contributed by atoms with Gasteiger partial charge in [-0.3, -0.25) is 0 Å². The van der Waals surface area contributed by atoms with Crippen LogP contribution >= 0.6 is 46.1 Å². The molecule has 0 radical (unpaired) electrons. The molecule has 1 aromatic carbocycles. The smallest absolute Gasteiger partial charge is 0.395 e. The van der Waals surface area contributed by atoms with Gasteiger partial charge in [0.2, 0.25) is 0 Å². The van der Waals surface area contributed by atoms with Crippen LogP contribution in [-0.4, -0.2) is 52.8 Å². The molecule has 5 unspecified atom stereocenters. The van der Waals surface area contributed by atoms with Crippen molar-refractivity contribution >= 4 is 51.8 Å². The van der Waals surface area contributed by atoms with E-state index < -0.39 is 36.1 Å². The number of benzene rings is 1. The molecule has 0 aliphatic carbocycles. The van der Waals surface area contributed by atoms with E-state index in [2.05, 4.69) is 15.4 Å². The molecule has 0 saturated carbocycles. The first kappa shape index (κ1) is 26.5. The summed E-state index contributed by atoms with van der Waals surface area (Å²) in [4.78, 5) is 4.14. The Morgan fingerprint density at radius 3 is 2.68 bits per heavy atom. The summed E-state index contributed by atoms with van der Waals surface area (Å²) in [6.45, 7) is 0.296. The lowest BCUT2D eigenvalue weighted by Gasteiger charge is -2.51. The Balaban J connectivity index is 1.52. The quantitative estimate of drug-likeness (QED) is 0.410. The van der Waals surface area contributed by atoms with Crippen molar-refractivity contribution in [3.05, 3.63) is 67.4 Å². The van der Waals surface area contributed by atoms with Crippen LogP contribution in [0.4, 0.5) is 13.2 Å². The highest BCUT2D eigenvalue weighted by Crippen LogP contribution is 2.42. The van der Waals surface area contributed by atoms with Crippen molar-refractivity contribution in [2.45, 2.75) is 36.6 Å². The van der Waals surface area contributed by atoms with Gasteiger partial charge in [-0.2, -0.15) is 18.3 Å². The molecule has 37 heavy (non-hydrogen) atoms. The summed E-state index contributed by atoms with van der Waals surface area (Å²) in [7, 11) is 1.46. The molecule has 2 aliphatic rings. The number of nitrogens with one attached hydrogen (secondary N) is 1. The maximum Gasteiger partial charge on any atom is 0.418 e. The van der Waals surface area contributed by atoms with E-state index in [-0.39, 0.29) is 27.7 Å². The van der Waals surface area contributed by atoms with Gasteiger partial charge in [-0.05, 0) is 18.2 Å². The number of hydrogen-bond acceptors (Lipinski definition) is 8. The Hall–Kier alpha value is -2.06. The average Bonchev–Trinajstić information content (AvgIpc) is 3.42. The molecule has 0 bridgehead atoms. The molecular weight excluding hydrogens is 578 g/mol. The van der Waals surface area contributed by atoms with Gasteiger partial charge in [-0.1, -0.05) is 34.8 Å². The molecule has 8 nitrogen and oxygen atoms in total. The molecular formula is C22H19Cl3F3N5O3S. The molecule has 2 aliphatic heterocycles. The van der Waals surface area contributed by atoms with Gasteiger partial charge in [0.15, 0.2) is 5.15 Å². The van der Waals surface area contributed by atoms with Crippen molar-refractivity contribution in [1.29, 1.82) is 0 Å². The van der Waals surface area contributed by atoms with E-state index >= 15 is 0 Å². The average molecular weight is 597 g/mol. The highest BCUT2D eigenvalue weighted by atomic mass is 35.5. The van der Waals surface area contributed by atoms with Crippen molar-refractivity contribution in [1.82, 2.24) is 20.1 Å². The fourth-order valence-corrected chi connectivity index (χ4v) is 5.62. The molecule has 2 fully saturated rings. The molecule has 3 aromatic rings. The largest absolute Gasteiger partial charge is 0.418 e. The summed E-state index contributed by atoms with van der Waals surface area (Å²) < 4.78 is 60.4. The first-order valence-corrected chi connectivity index (χ1v) is 12.8. The van der Waals surface area contributed by atoms with E-state index in [0.717, 1.165) is 16.8 Å². The van der Waals surface area contributed by atoms with Gasteiger partial charge in [0.1, 0.15) is 34.6 Å². The number of thiazole rings is 1. The topological polar surface area (TPSA) is 96.5 Å². The third-order valence-corrected chi connectivity index (χ3v) is 7.70. The lowest BCUT2D eigenvalue weighted by molar-refractivity contribution is -0.280. The molecule has 2 aromatic heterocycles. The fraction of sp³-hybridized carbons (Fsp3) is 0.364. The third-order valence-electron chi connectivity index (χ3n) is 6.07.